The Kier molecular flexibility index (Phi) is 17.0. The average Bonchev–Trinajstić information content (AvgIpc) is 3.90. The molecule has 0 unspecified atom stereocenters. The molecule has 19 nitrogen and oxygen atoms in total. The molecule has 1 saturated heterocycles. The van der Waals surface area contributed by atoms with E-state index in [1.165, 1.54) is 17.0 Å². The number of carboxylic acid groups (broad SMARTS) is 2. The summed E-state index contributed by atoms with van der Waals surface area (Å²) in [5.41, 5.74) is 2.29. The van der Waals surface area contributed by atoms with E-state index < -0.39 is 66.5 Å². The lowest BCUT2D eigenvalue weighted by Gasteiger charge is -2.34. The summed E-state index contributed by atoms with van der Waals surface area (Å²) in [6.45, 7) is 8.17. The zero-order chi connectivity index (χ0) is 48.4. The van der Waals surface area contributed by atoms with Crippen LogP contribution in [-0.4, -0.2) is 148 Å². The predicted molar refractivity (Wildman–Crippen MR) is 217 cm³/mol. The van der Waals surface area contributed by atoms with Crippen LogP contribution < -0.4 is 16.0 Å². The second-order valence-corrected chi connectivity index (χ2v) is 15.5. The van der Waals surface area contributed by atoms with Crippen LogP contribution in [0.15, 0.2) is 48.9 Å². The van der Waals surface area contributed by atoms with E-state index in [0.717, 1.165) is 11.6 Å². The molecule has 4 aromatic rings. The van der Waals surface area contributed by atoms with Crippen molar-refractivity contribution < 1.29 is 70.7 Å². The smallest absolute Gasteiger partial charge is 0.490 e. The number of benzene rings is 2. The molecule has 2 aromatic carbocycles. The van der Waals surface area contributed by atoms with E-state index in [4.69, 9.17) is 9.90 Å². The standard InChI is InChI=1S/C38H47F3N10O7.C2HF3O2/c1-21(2)26-14-27(30(53)15-29(26)52)33-47-48-34(36(56)43-19-38(39,40)41)51(33)25-7-5-23(6-8-25)17-49-9-11-50(12-10-49)18-31(54)45-28(13-24-16-42-20-44-24)35(55)46-32(22(3)4)37(57)58;3-2(4,5)1(6)7/h5-8,14-16,20-22,28,32,52-53H,9-13,17-19H2,1-4H3,(H,42,44)(H,43,56)(H,45,54)(H,46,55)(H,57,58);(H,6,7)/t28-,32-;/m0./s1. The molecule has 65 heavy (non-hydrogen) atoms. The Balaban J connectivity index is 0.00000122. The topological polar surface area (TPSA) is 268 Å². The molecule has 1 aliphatic rings. The zero-order valence-corrected chi connectivity index (χ0v) is 35.4. The van der Waals surface area contributed by atoms with Crippen LogP contribution in [0, 0.1) is 5.92 Å². The maximum absolute atomic E-state index is 13.1. The van der Waals surface area contributed by atoms with Gasteiger partial charge in [-0.1, -0.05) is 39.8 Å². The highest BCUT2D eigenvalue weighted by Gasteiger charge is 2.38. The SMILES string of the molecule is CC(C)c1cc(-c2nnc(C(=O)NCC(F)(F)F)n2-c2ccc(CN3CCN(CC(=O)N[C@@H](Cc4c[nH]cn4)C(=O)N[C@H](C(=O)O)C(C)C)CC3)cc2)c(O)cc1O.O=C(O)C(F)(F)F. The van der Waals surface area contributed by atoms with Crippen molar-refractivity contribution in [3.63, 3.8) is 0 Å². The van der Waals surface area contributed by atoms with Crippen molar-refractivity contribution in [2.45, 2.75) is 71.0 Å². The molecule has 0 bridgehead atoms. The number of amides is 3. The first-order chi connectivity index (χ1) is 30.3. The maximum Gasteiger partial charge on any atom is 0.490 e. The Bertz CT molecular complexity index is 2280. The minimum Gasteiger partial charge on any atom is -0.508 e. The molecule has 2 aromatic heterocycles. The monoisotopic (exact) mass is 926 g/mol. The second-order valence-electron chi connectivity index (χ2n) is 15.5. The van der Waals surface area contributed by atoms with Gasteiger partial charge in [-0.2, -0.15) is 26.3 Å². The molecular weight excluding hydrogens is 878 g/mol. The highest BCUT2D eigenvalue weighted by Crippen LogP contribution is 2.38. The third kappa shape index (κ3) is 14.6. The molecule has 1 fully saturated rings. The number of phenols is 2. The Morgan fingerprint density at radius 2 is 1.46 bits per heavy atom. The van der Waals surface area contributed by atoms with Gasteiger partial charge in [-0.25, -0.2) is 14.6 Å². The fourth-order valence-corrected chi connectivity index (χ4v) is 6.49. The van der Waals surface area contributed by atoms with Crippen molar-refractivity contribution in [1.29, 1.82) is 0 Å². The van der Waals surface area contributed by atoms with Gasteiger partial charge in [0, 0.05) is 57.1 Å². The van der Waals surface area contributed by atoms with Crippen molar-refractivity contribution in [1.82, 2.24) is 50.5 Å². The number of piperazine rings is 1. The lowest BCUT2D eigenvalue weighted by molar-refractivity contribution is -0.192. The van der Waals surface area contributed by atoms with Gasteiger partial charge >= 0.3 is 24.3 Å². The lowest BCUT2D eigenvalue weighted by atomic mass is 9.98. The minimum absolute atomic E-state index is 0.00876. The number of aromatic amines is 1. The number of phenolic OH excluding ortho intramolecular Hbond substituents is 2. The molecule has 0 aliphatic carbocycles. The normalized spacial score (nSPS) is 14.6. The Morgan fingerprint density at radius 1 is 0.846 bits per heavy atom. The summed E-state index contributed by atoms with van der Waals surface area (Å²) in [5.74, 6) is -7.67. The van der Waals surface area contributed by atoms with Crippen LogP contribution in [0.4, 0.5) is 26.3 Å². The number of nitrogens with one attached hydrogen (secondary N) is 4. The van der Waals surface area contributed by atoms with Gasteiger partial charge in [0.25, 0.3) is 5.91 Å². The average molecular weight is 927 g/mol. The maximum atomic E-state index is 13.1. The molecule has 3 heterocycles. The van der Waals surface area contributed by atoms with Gasteiger partial charge in [-0.15, -0.1) is 10.2 Å². The summed E-state index contributed by atoms with van der Waals surface area (Å²) in [7, 11) is 0. The van der Waals surface area contributed by atoms with Gasteiger partial charge in [0.2, 0.25) is 17.6 Å². The van der Waals surface area contributed by atoms with E-state index in [2.05, 4.69) is 35.7 Å². The second kappa shape index (κ2) is 21.7. The van der Waals surface area contributed by atoms with E-state index in [1.807, 2.05) is 24.1 Å². The van der Waals surface area contributed by atoms with Crippen LogP contribution >= 0.6 is 0 Å². The van der Waals surface area contributed by atoms with Crippen molar-refractivity contribution in [3.8, 4) is 28.6 Å². The van der Waals surface area contributed by atoms with Crippen LogP contribution in [0.1, 0.15) is 61.1 Å². The first-order valence-electron chi connectivity index (χ1n) is 19.9. The number of hydrogen-bond acceptors (Lipinski definition) is 12. The Morgan fingerprint density at radius 3 is 1.98 bits per heavy atom. The van der Waals surface area contributed by atoms with E-state index in [0.29, 0.717) is 49.7 Å². The Hall–Kier alpha value is -6.76. The molecule has 1 aliphatic heterocycles. The van der Waals surface area contributed by atoms with Gasteiger partial charge in [0.15, 0.2) is 5.82 Å². The van der Waals surface area contributed by atoms with Crippen molar-refractivity contribution in [2.24, 2.45) is 5.92 Å². The number of rotatable bonds is 16. The molecule has 5 rings (SSSR count). The highest BCUT2D eigenvalue weighted by molar-refractivity contribution is 5.92. The van der Waals surface area contributed by atoms with E-state index in [9.17, 15) is 60.8 Å². The summed E-state index contributed by atoms with van der Waals surface area (Å²) < 4.78 is 71.9. The number of carboxylic acids is 2. The van der Waals surface area contributed by atoms with Gasteiger partial charge < -0.3 is 41.4 Å². The lowest BCUT2D eigenvalue weighted by Crippen LogP contribution is -2.56. The van der Waals surface area contributed by atoms with Crippen LogP contribution in [0.3, 0.4) is 0 Å². The Labute approximate surface area is 366 Å². The van der Waals surface area contributed by atoms with Crippen LogP contribution in [-0.2, 0) is 32.1 Å². The van der Waals surface area contributed by atoms with Crippen LogP contribution in [0.5, 0.6) is 11.5 Å². The fourth-order valence-electron chi connectivity index (χ4n) is 6.49. The quantitative estimate of drug-likeness (QED) is 0.0751. The van der Waals surface area contributed by atoms with Crippen molar-refractivity contribution >= 4 is 29.7 Å². The molecule has 25 heteroatoms. The van der Waals surface area contributed by atoms with Gasteiger partial charge in [-0.3, -0.25) is 28.8 Å². The molecule has 354 valence electrons. The summed E-state index contributed by atoms with van der Waals surface area (Å²) in [5, 5.41) is 52.9. The molecular formula is C40H48F6N10O9. The number of halogens is 6. The number of aromatic hydroxyl groups is 2. The molecule has 3 amide bonds. The predicted octanol–water partition coefficient (Wildman–Crippen LogP) is 3.19. The third-order valence-corrected chi connectivity index (χ3v) is 9.85. The number of alkyl halides is 6. The highest BCUT2D eigenvalue weighted by atomic mass is 19.4. The summed E-state index contributed by atoms with van der Waals surface area (Å²) >= 11 is 0. The number of H-pyrrole nitrogens is 1. The van der Waals surface area contributed by atoms with E-state index in [1.54, 1.807) is 44.3 Å². The first kappa shape index (κ1) is 50.9. The summed E-state index contributed by atoms with van der Waals surface area (Å²) in [6.07, 6.45) is -6.67. The number of hydrogen-bond donors (Lipinski definition) is 8. The summed E-state index contributed by atoms with van der Waals surface area (Å²) in [6, 6.07) is 7.31. The number of nitrogens with zero attached hydrogens (tertiary/aromatic N) is 6. The van der Waals surface area contributed by atoms with Crippen LogP contribution in [0.2, 0.25) is 0 Å². The van der Waals surface area contributed by atoms with E-state index >= 15 is 0 Å². The van der Waals surface area contributed by atoms with Crippen molar-refractivity contribution in [3.05, 3.63) is 71.6 Å². The first-order valence-corrected chi connectivity index (χ1v) is 19.9. The molecule has 0 saturated carbocycles. The van der Waals surface area contributed by atoms with Gasteiger partial charge in [-0.05, 0) is 41.2 Å². The molecule has 0 spiro atoms. The number of aliphatic carboxylic acids is 2. The molecule has 8 N–H and O–H groups in total. The van der Waals surface area contributed by atoms with E-state index in [-0.39, 0.29) is 47.7 Å². The molecule has 0 radical (unpaired) electrons. The zero-order valence-electron chi connectivity index (χ0n) is 35.4. The minimum atomic E-state index is -5.08. The third-order valence-electron chi connectivity index (χ3n) is 9.85. The van der Waals surface area contributed by atoms with Gasteiger partial charge in [0.05, 0.1) is 24.1 Å². The fraction of sp³-hybridized carbons (Fsp3) is 0.450. The number of carbonyl (C=O) groups is 5. The summed E-state index contributed by atoms with van der Waals surface area (Å²) in [4.78, 5) is 70.9. The molecule has 2 atom stereocenters. The van der Waals surface area contributed by atoms with Gasteiger partial charge in [0.1, 0.15) is 30.1 Å². The van der Waals surface area contributed by atoms with Crippen molar-refractivity contribution in [2.75, 3.05) is 39.3 Å². The number of carbonyl (C=O) groups excluding carboxylic acids is 3. The number of aromatic nitrogens is 5. The van der Waals surface area contributed by atoms with Crippen LogP contribution in [0.25, 0.3) is 17.1 Å². The number of imidazole rings is 1. The largest absolute Gasteiger partial charge is 0.508 e.